The Kier molecular flexibility index (Phi) is 9.39. The molecule has 3 amide bonds. The Bertz CT molecular complexity index is 1450. The molecule has 2 fully saturated rings. The Labute approximate surface area is 259 Å². The van der Waals surface area contributed by atoms with Crippen molar-refractivity contribution in [1.29, 1.82) is 0 Å². The molecule has 1 spiro atoms. The minimum absolute atomic E-state index is 0.00563. The number of hydrogen-bond donors (Lipinski definition) is 0. The van der Waals surface area contributed by atoms with Gasteiger partial charge in [-0.15, -0.1) is 0 Å². The van der Waals surface area contributed by atoms with Crippen molar-refractivity contribution in [2.24, 2.45) is 5.10 Å². The largest absolute Gasteiger partial charge is 0.497 e. The minimum atomic E-state index is -0.469. The molecule has 3 heterocycles. The maximum absolute atomic E-state index is 14.0. The van der Waals surface area contributed by atoms with Crippen molar-refractivity contribution < 1.29 is 23.5 Å². The van der Waals surface area contributed by atoms with Gasteiger partial charge in [0.05, 0.1) is 31.0 Å². The number of allylic oxidation sites excluding steroid dienone is 3. The van der Waals surface area contributed by atoms with E-state index >= 15 is 0 Å². The predicted octanol–water partition coefficient (Wildman–Crippen LogP) is 5.75. The number of carbonyl (C=O) groups excluding carboxylic acids is 2. The second-order valence-corrected chi connectivity index (χ2v) is 11.4. The summed E-state index contributed by atoms with van der Waals surface area (Å²) in [5, 5.41) is 6.01. The number of rotatable bonds is 7. The van der Waals surface area contributed by atoms with Crippen molar-refractivity contribution in [1.82, 2.24) is 14.7 Å². The quantitative estimate of drug-likeness (QED) is 0.225. The zero-order valence-electron chi connectivity index (χ0n) is 26.3. The molecule has 1 unspecified atom stereocenters. The van der Waals surface area contributed by atoms with Crippen LogP contribution in [0.2, 0.25) is 0 Å². The highest BCUT2D eigenvalue weighted by Gasteiger charge is 2.54. The normalized spacial score (nSPS) is 23.1. The third kappa shape index (κ3) is 5.83. The summed E-state index contributed by atoms with van der Waals surface area (Å²) in [7, 11) is 3.35. The average Bonchev–Trinajstić information content (AvgIpc) is 3.11. The van der Waals surface area contributed by atoms with Crippen LogP contribution in [0.5, 0.6) is 0 Å². The van der Waals surface area contributed by atoms with Crippen molar-refractivity contribution in [3.05, 3.63) is 88.8 Å². The van der Waals surface area contributed by atoms with Crippen LogP contribution in [0.4, 0.5) is 14.9 Å². The number of benzene rings is 1. The standard InChI is InChI=1S/C34H42FN5O4/c1-6-36-40(27-13-11-26(35)12-14-27)24(3)21-32(41)37-19-17-34(18-20-37)31-10-8-9-29-25(23-38(31)33(42)39(34)7-2)22-28(43-4)15-16-30(29)44-5/h6,10-16,21-22,30H,7-9,17-20,23H2,1-5H3/b24-21+,31-10-,36-6-. The number of hydrazone groups is 1. The number of amides is 3. The van der Waals surface area contributed by atoms with E-state index in [-0.39, 0.29) is 23.9 Å². The Morgan fingerprint density at radius 2 is 1.93 bits per heavy atom. The SMILES string of the molecule is C/C=N\N(/C(C)=C/C(=O)N1CCC2(CC1)/C1=C/CCC3=C(C=C(OC)C=CC3OC)CN1C(=O)N2CC)c1ccc(F)cc1. The first-order valence-electron chi connectivity index (χ1n) is 15.3. The summed E-state index contributed by atoms with van der Waals surface area (Å²) in [5.74, 6) is 0.280. The van der Waals surface area contributed by atoms with E-state index in [1.807, 2.05) is 46.8 Å². The average molecular weight is 604 g/mol. The molecule has 1 aliphatic carbocycles. The highest BCUT2D eigenvalue weighted by molar-refractivity contribution is 5.89. The van der Waals surface area contributed by atoms with Crippen LogP contribution in [0.1, 0.15) is 46.5 Å². The van der Waals surface area contributed by atoms with Gasteiger partial charge in [-0.1, -0.05) is 6.08 Å². The topological polar surface area (TPSA) is 77.9 Å². The van der Waals surface area contributed by atoms with Crippen LogP contribution in [-0.4, -0.2) is 84.9 Å². The molecule has 3 aliphatic heterocycles. The molecule has 234 valence electrons. The monoisotopic (exact) mass is 603 g/mol. The summed E-state index contributed by atoms with van der Waals surface area (Å²) in [6, 6.07) is 6.00. The van der Waals surface area contributed by atoms with Crippen LogP contribution in [0.25, 0.3) is 0 Å². The molecule has 0 N–H and O–H groups in total. The smallest absolute Gasteiger partial charge is 0.325 e. The van der Waals surface area contributed by atoms with Gasteiger partial charge in [-0.05, 0) is 100 Å². The lowest BCUT2D eigenvalue weighted by Crippen LogP contribution is -2.54. The number of carbonyl (C=O) groups is 2. The summed E-state index contributed by atoms with van der Waals surface area (Å²) in [6.07, 6.45) is 14.1. The van der Waals surface area contributed by atoms with Crippen LogP contribution < -0.4 is 5.01 Å². The van der Waals surface area contributed by atoms with E-state index in [0.29, 0.717) is 50.4 Å². The molecule has 1 aromatic carbocycles. The van der Waals surface area contributed by atoms with Crippen LogP contribution in [-0.2, 0) is 14.3 Å². The number of halogens is 1. The van der Waals surface area contributed by atoms with Crippen LogP contribution in [0, 0.1) is 5.82 Å². The molecule has 1 atom stereocenters. The Balaban J connectivity index is 1.36. The highest BCUT2D eigenvalue weighted by Crippen LogP contribution is 2.45. The fraction of sp³-hybridized carbons (Fsp3) is 0.441. The number of ether oxygens (including phenoxy) is 2. The third-order valence-corrected chi connectivity index (χ3v) is 9.01. The molecule has 1 aromatic rings. The van der Waals surface area contributed by atoms with E-state index in [4.69, 9.17) is 9.47 Å². The first-order chi connectivity index (χ1) is 21.3. The van der Waals surface area contributed by atoms with E-state index in [1.54, 1.807) is 50.6 Å². The Morgan fingerprint density at radius 1 is 1.20 bits per heavy atom. The van der Waals surface area contributed by atoms with Gasteiger partial charge in [0, 0.05) is 50.4 Å². The lowest BCUT2D eigenvalue weighted by atomic mass is 9.82. The number of likely N-dealkylation sites (tertiary alicyclic amines) is 1. The summed E-state index contributed by atoms with van der Waals surface area (Å²) in [6.45, 7) is 7.67. The number of anilines is 1. The molecule has 4 aliphatic rings. The molecule has 10 heteroatoms. The maximum atomic E-state index is 14.0. The van der Waals surface area contributed by atoms with Crippen molar-refractivity contribution in [3.63, 3.8) is 0 Å². The first kappa shape index (κ1) is 31.3. The van der Waals surface area contributed by atoms with Gasteiger partial charge in [-0.2, -0.15) is 5.10 Å². The minimum Gasteiger partial charge on any atom is -0.497 e. The van der Waals surface area contributed by atoms with Crippen LogP contribution >= 0.6 is 0 Å². The van der Waals surface area contributed by atoms with Crippen molar-refractivity contribution in [3.8, 4) is 0 Å². The second-order valence-electron chi connectivity index (χ2n) is 11.4. The summed E-state index contributed by atoms with van der Waals surface area (Å²) < 4.78 is 24.9. The number of nitrogens with zero attached hydrogens (tertiary/aromatic N) is 5. The van der Waals surface area contributed by atoms with E-state index in [1.165, 1.54) is 12.1 Å². The number of piperidine rings is 1. The number of methoxy groups -OCH3 is 2. The number of hydrogen-bond acceptors (Lipinski definition) is 6. The molecular formula is C34H42FN5O4. The molecule has 2 saturated heterocycles. The van der Waals surface area contributed by atoms with E-state index in [9.17, 15) is 14.0 Å². The van der Waals surface area contributed by atoms with Crippen molar-refractivity contribution >= 4 is 23.8 Å². The van der Waals surface area contributed by atoms with Gasteiger partial charge in [0.2, 0.25) is 5.91 Å². The van der Waals surface area contributed by atoms with E-state index < -0.39 is 5.54 Å². The summed E-state index contributed by atoms with van der Waals surface area (Å²) >= 11 is 0. The molecule has 9 nitrogen and oxygen atoms in total. The van der Waals surface area contributed by atoms with E-state index in [0.717, 1.165) is 35.4 Å². The molecular weight excluding hydrogens is 561 g/mol. The van der Waals surface area contributed by atoms with Gasteiger partial charge in [-0.25, -0.2) is 14.2 Å². The lowest BCUT2D eigenvalue weighted by Gasteiger charge is -2.44. The van der Waals surface area contributed by atoms with Gasteiger partial charge in [0.25, 0.3) is 0 Å². The molecule has 0 bridgehead atoms. The maximum Gasteiger partial charge on any atom is 0.325 e. The number of likely N-dealkylation sites (N-methyl/N-ethyl adjacent to an activating group) is 1. The van der Waals surface area contributed by atoms with Crippen LogP contribution in [0.3, 0.4) is 0 Å². The number of urea groups is 1. The summed E-state index contributed by atoms with van der Waals surface area (Å²) in [5.41, 5.74) is 4.05. The zero-order chi connectivity index (χ0) is 31.4. The number of fused-ring (bicyclic) bond motifs is 2. The zero-order valence-corrected chi connectivity index (χ0v) is 26.3. The molecule has 0 radical (unpaired) electrons. The fourth-order valence-corrected chi connectivity index (χ4v) is 6.85. The Morgan fingerprint density at radius 3 is 2.57 bits per heavy atom. The molecule has 0 aromatic heterocycles. The van der Waals surface area contributed by atoms with Crippen molar-refractivity contribution in [2.75, 3.05) is 45.4 Å². The van der Waals surface area contributed by atoms with Gasteiger partial charge < -0.3 is 19.3 Å². The summed E-state index contributed by atoms with van der Waals surface area (Å²) in [4.78, 5) is 33.2. The van der Waals surface area contributed by atoms with Crippen LogP contribution in [0.15, 0.2) is 88.0 Å². The van der Waals surface area contributed by atoms with E-state index in [2.05, 4.69) is 11.2 Å². The third-order valence-electron chi connectivity index (χ3n) is 9.01. The second kappa shape index (κ2) is 13.2. The fourth-order valence-electron chi connectivity index (χ4n) is 6.85. The van der Waals surface area contributed by atoms with Gasteiger partial charge in [-0.3, -0.25) is 9.69 Å². The molecule has 0 saturated carbocycles. The highest BCUT2D eigenvalue weighted by atomic mass is 19.1. The van der Waals surface area contributed by atoms with Gasteiger partial charge >= 0.3 is 6.03 Å². The molecule has 5 rings (SSSR count). The first-order valence-corrected chi connectivity index (χ1v) is 15.3. The molecule has 44 heavy (non-hydrogen) atoms. The Hall–Kier alpha value is -4.18. The van der Waals surface area contributed by atoms with Gasteiger partial charge in [0.15, 0.2) is 0 Å². The van der Waals surface area contributed by atoms with Crippen molar-refractivity contribution in [2.45, 2.75) is 58.1 Å². The lowest BCUT2D eigenvalue weighted by molar-refractivity contribution is -0.128. The van der Waals surface area contributed by atoms with Gasteiger partial charge in [0.1, 0.15) is 11.6 Å². The predicted molar refractivity (Wildman–Crippen MR) is 169 cm³/mol.